The number of aryl methyl sites for hydroxylation is 1. The Hall–Kier alpha value is -2.00. The molecule has 0 heterocycles. The maximum atomic E-state index is 12.0. The van der Waals surface area contributed by atoms with Crippen molar-refractivity contribution in [2.75, 3.05) is 5.32 Å². The lowest BCUT2D eigenvalue weighted by atomic mass is 10.1. The Labute approximate surface area is 110 Å². The minimum absolute atomic E-state index is 0.0567. The van der Waals surface area contributed by atoms with Crippen LogP contribution in [0.4, 0.5) is 5.69 Å². The van der Waals surface area contributed by atoms with Gasteiger partial charge in [0.15, 0.2) is 0 Å². The van der Waals surface area contributed by atoms with E-state index in [2.05, 4.69) is 5.32 Å². The van der Waals surface area contributed by atoms with Gasteiger partial charge in [0, 0.05) is 0 Å². The molecule has 2 rings (SSSR count). The smallest absolute Gasteiger partial charge is 0.259 e. The average Bonchev–Trinajstić information content (AvgIpc) is 2.34. The van der Waals surface area contributed by atoms with Gasteiger partial charge in [-0.3, -0.25) is 4.79 Å². The van der Waals surface area contributed by atoms with E-state index in [1.165, 1.54) is 6.07 Å². The van der Waals surface area contributed by atoms with Gasteiger partial charge in [-0.25, -0.2) is 0 Å². The lowest BCUT2D eigenvalue weighted by molar-refractivity contribution is 0.102. The highest BCUT2D eigenvalue weighted by Crippen LogP contribution is 2.24. The Morgan fingerprint density at radius 1 is 1.22 bits per heavy atom. The van der Waals surface area contributed by atoms with E-state index in [4.69, 9.17) is 11.6 Å². The molecule has 1 amide bonds. The van der Waals surface area contributed by atoms with Gasteiger partial charge in [0.1, 0.15) is 5.75 Å². The molecule has 0 aromatic heterocycles. The van der Waals surface area contributed by atoms with E-state index in [0.717, 1.165) is 5.56 Å². The standard InChI is InChI=1S/C14H12ClNO2/c1-9-6-7-11(15)12(8-9)16-14(18)10-4-2-3-5-13(10)17/h2-8,17H,1H3,(H,16,18). The molecule has 0 radical (unpaired) electrons. The fraction of sp³-hybridized carbons (Fsp3) is 0.0714. The molecule has 0 saturated heterocycles. The number of rotatable bonds is 2. The second-order valence-corrected chi connectivity index (χ2v) is 4.36. The van der Waals surface area contributed by atoms with E-state index >= 15 is 0 Å². The summed E-state index contributed by atoms with van der Waals surface area (Å²) in [5.41, 5.74) is 1.74. The summed E-state index contributed by atoms with van der Waals surface area (Å²) >= 11 is 5.99. The third-order valence-electron chi connectivity index (χ3n) is 2.52. The first-order valence-corrected chi connectivity index (χ1v) is 5.81. The highest BCUT2D eigenvalue weighted by atomic mass is 35.5. The van der Waals surface area contributed by atoms with Crippen molar-refractivity contribution in [1.82, 2.24) is 0 Å². The quantitative estimate of drug-likeness (QED) is 0.868. The third-order valence-corrected chi connectivity index (χ3v) is 2.85. The first kappa shape index (κ1) is 12.5. The second kappa shape index (κ2) is 5.10. The fourth-order valence-electron chi connectivity index (χ4n) is 1.59. The third kappa shape index (κ3) is 2.63. The highest BCUT2D eigenvalue weighted by molar-refractivity contribution is 6.34. The Morgan fingerprint density at radius 2 is 1.94 bits per heavy atom. The van der Waals surface area contributed by atoms with E-state index in [-0.39, 0.29) is 17.2 Å². The first-order chi connectivity index (χ1) is 8.58. The maximum absolute atomic E-state index is 12.0. The van der Waals surface area contributed by atoms with Crippen molar-refractivity contribution in [2.24, 2.45) is 0 Å². The van der Waals surface area contributed by atoms with Crippen LogP contribution >= 0.6 is 11.6 Å². The van der Waals surface area contributed by atoms with Crippen LogP contribution in [0.3, 0.4) is 0 Å². The van der Waals surface area contributed by atoms with Gasteiger partial charge in [-0.1, -0.05) is 29.8 Å². The molecule has 4 heteroatoms. The van der Waals surface area contributed by atoms with E-state index in [9.17, 15) is 9.90 Å². The van der Waals surface area contributed by atoms with Crippen LogP contribution in [0.2, 0.25) is 5.02 Å². The van der Waals surface area contributed by atoms with Gasteiger partial charge in [0.2, 0.25) is 0 Å². The van der Waals surface area contributed by atoms with Gasteiger partial charge >= 0.3 is 0 Å². The number of benzene rings is 2. The predicted octanol–water partition coefficient (Wildman–Crippen LogP) is 3.61. The molecule has 0 spiro atoms. The van der Waals surface area contributed by atoms with Crippen LogP contribution in [0.5, 0.6) is 5.75 Å². The number of para-hydroxylation sites is 1. The van der Waals surface area contributed by atoms with Crippen molar-refractivity contribution in [2.45, 2.75) is 6.92 Å². The van der Waals surface area contributed by atoms with Crippen molar-refractivity contribution >= 4 is 23.2 Å². The van der Waals surface area contributed by atoms with Crippen LogP contribution in [0.15, 0.2) is 42.5 Å². The summed E-state index contributed by atoms with van der Waals surface area (Å²) in [4.78, 5) is 12.0. The topological polar surface area (TPSA) is 49.3 Å². The van der Waals surface area contributed by atoms with Gasteiger partial charge in [-0.05, 0) is 36.8 Å². The molecule has 0 aliphatic rings. The summed E-state index contributed by atoms with van der Waals surface area (Å²) in [6.45, 7) is 1.91. The van der Waals surface area contributed by atoms with E-state index < -0.39 is 0 Å². The van der Waals surface area contributed by atoms with Gasteiger partial charge in [-0.2, -0.15) is 0 Å². The largest absolute Gasteiger partial charge is 0.507 e. The number of halogens is 1. The molecule has 0 aliphatic carbocycles. The van der Waals surface area contributed by atoms with Crippen LogP contribution in [0.1, 0.15) is 15.9 Å². The Kier molecular flexibility index (Phi) is 3.53. The van der Waals surface area contributed by atoms with Crippen molar-refractivity contribution in [3.8, 4) is 5.75 Å². The zero-order valence-corrected chi connectivity index (χ0v) is 10.5. The molecular formula is C14H12ClNO2. The molecule has 3 nitrogen and oxygen atoms in total. The first-order valence-electron chi connectivity index (χ1n) is 5.43. The summed E-state index contributed by atoms with van der Waals surface area (Å²) in [6, 6.07) is 11.7. The van der Waals surface area contributed by atoms with E-state index in [0.29, 0.717) is 10.7 Å². The number of anilines is 1. The number of carbonyl (C=O) groups excluding carboxylic acids is 1. The van der Waals surface area contributed by atoms with Gasteiger partial charge in [0.05, 0.1) is 16.3 Å². The SMILES string of the molecule is Cc1ccc(Cl)c(NC(=O)c2ccccc2O)c1. The normalized spacial score (nSPS) is 10.1. The monoisotopic (exact) mass is 261 g/mol. The molecule has 0 aliphatic heterocycles. The summed E-state index contributed by atoms with van der Waals surface area (Å²) in [6.07, 6.45) is 0. The Bertz CT molecular complexity index is 596. The van der Waals surface area contributed by atoms with Gasteiger partial charge in [-0.15, -0.1) is 0 Å². The van der Waals surface area contributed by atoms with Crippen molar-refractivity contribution in [3.05, 3.63) is 58.6 Å². The number of carbonyl (C=O) groups is 1. The molecule has 18 heavy (non-hydrogen) atoms. The van der Waals surface area contributed by atoms with E-state index in [1.807, 2.05) is 13.0 Å². The molecule has 0 atom stereocenters. The molecule has 0 bridgehead atoms. The Balaban J connectivity index is 2.27. The number of aromatic hydroxyl groups is 1. The molecule has 2 aromatic carbocycles. The predicted molar refractivity (Wildman–Crippen MR) is 72.2 cm³/mol. The van der Waals surface area contributed by atoms with Crippen LogP contribution in [-0.4, -0.2) is 11.0 Å². The molecule has 92 valence electrons. The van der Waals surface area contributed by atoms with Crippen molar-refractivity contribution in [1.29, 1.82) is 0 Å². The van der Waals surface area contributed by atoms with Crippen LogP contribution < -0.4 is 5.32 Å². The Morgan fingerprint density at radius 3 is 2.67 bits per heavy atom. The molecule has 0 fully saturated rings. The second-order valence-electron chi connectivity index (χ2n) is 3.95. The van der Waals surface area contributed by atoms with Crippen LogP contribution in [0.25, 0.3) is 0 Å². The van der Waals surface area contributed by atoms with Crippen LogP contribution in [0, 0.1) is 6.92 Å². The lowest BCUT2D eigenvalue weighted by Gasteiger charge is -2.09. The summed E-state index contributed by atoms with van der Waals surface area (Å²) in [7, 11) is 0. The number of hydrogen-bond donors (Lipinski definition) is 2. The lowest BCUT2D eigenvalue weighted by Crippen LogP contribution is -2.12. The molecule has 2 N–H and O–H groups in total. The summed E-state index contributed by atoms with van der Waals surface area (Å²) in [5.74, 6) is -0.445. The number of hydrogen-bond acceptors (Lipinski definition) is 2. The van der Waals surface area contributed by atoms with Gasteiger partial charge in [0.25, 0.3) is 5.91 Å². The maximum Gasteiger partial charge on any atom is 0.259 e. The van der Waals surface area contributed by atoms with Crippen molar-refractivity contribution < 1.29 is 9.90 Å². The molecular weight excluding hydrogens is 250 g/mol. The zero-order chi connectivity index (χ0) is 13.1. The minimum Gasteiger partial charge on any atom is -0.507 e. The summed E-state index contributed by atoms with van der Waals surface area (Å²) in [5, 5.41) is 12.7. The number of phenols is 1. The van der Waals surface area contributed by atoms with Crippen LogP contribution in [-0.2, 0) is 0 Å². The molecule has 0 saturated carbocycles. The van der Waals surface area contributed by atoms with Gasteiger partial charge < -0.3 is 10.4 Å². The molecule has 0 unspecified atom stereocenters. The summed E-state index contributed by atoms with van der Waals surface area (Å²) < 4.78 is 0. The minimum atomic E-state index is -0.388. The zero-order valence-electron chi connectivity index (χ0n) is 9.77. The fourth-order valence-corrected chi connectivity index (χ4v) is 1.75. The number of amides is 1. The molecule has 2 aromatic rings. The number of nitrogens with one attached hydrogen (secondary N) is 1. The van der Waals surface area contributed by atoms with Crippen molar-refractivity contribution in [3.63, 3.8) is 0 Å². The number of phenolic OH excluding ortho intramolecular Hbond substituents is 1. The van der Waals surface area contributed by atoms with E-state index in [1.54, 1.807) is 30.3 Å². The highest BCUT2D eigenvalue weighted by Gasteiger charge is 2.11. The average molecular weight is 262 g/mol.